The number of hydrogen-bond acceptors (Lipinski definition) is 5. The van der Waals surface area contributed by atoms with Gasteiger partial charge in [0.25, 0.3) is 0 Å². The maximum Gasteiger partial charge on any atom is 0.239 e. The zero-order valence-corrected chi connectivity index (χ0v) is 22.4. The predicted octanol–water partition coefficient (Wildman–Crippen LogP) is 5.71. The van der Waals surface area contributed by atoms with Crippen LogP contribution in [0.3, 0.4) is 0 Å². The molecule has 188 valence electrons. The maximum atomic E-state index is 13.3. The number of halogens is 2. The highest BCUT2D eigenvalue weighted by atomic mass is 35.5. The van der Waals surface area contributed by atoms with Crippen LogP contribution in [0.5, 0.6) is 0 Å². The number of carbonyl (C=O) groups is 1. The van der Waals surface area contributed by atoms with Gasteiger partial charge in [-0.1, -0.05) is 44.9 Å². The summed E-state index contributed by atoms with van der Waals surface area (Å²) in [5, 5.41) is 14.0. The average Bonchev–Trinajstić information content (AvgIpc) is 3.18. The summed E-state index contributed by atoms with van der Waals surface area (Å²) in [6.07, 6.45) is 4.14. The molecule has 1 amide bonds. The van der Waals surface area contributed by atoms with Gasteiger partial charge in [-0.05, 0) is 53.9 Å². The van der Waals surface area contributed by atoms with Crippen LogP contribution in [0.4, 0.5) is 9.39 Å². The van der Waals surface area contributed by atoms with E-state index in [9.17, 15) is 14.4 Å². The number of anilines is 1. The highest BCUT2D eigenvalue weighted by molar-refractivity contribution is 7.16. The summed E-state index contributed by atoms with van der Waals surface area (Å²) >= 11 is 7.76. The number of nitrogens with zero attached hydrogens (tertiary/aromatic N) is 3. The van der Waals surface area contributed by atoms with E-state index < -0.39 is 0 Å². The Morgan fingerprint density at radius 3 is 2.66 bits per heavy atom. The largest absolute Gasteiger partial charge is 0.315 e. The Hall–Kier alpha value is -1.98. The van der Waals surface area contributed by atoms with Crippen molar-refractivity contribution < 1.29 is 9.18 Å². The molecule has 4 rings (SSSR count). The van der Waals surface area contributed by atoms with Gasteiger partial charge in [-0.25, -0.2) is 4.39 Å². The van der Waals surface area contributed by atoms with Crippen molar-refractivity contribution in [1.29, 1.82) is 5.26 Å². The Balaban J connectivity index is 1.31. The van der Waals surface area contributed by atoms with Gasteiger partial charge in [0.15, 0.2) is 0 Å². The molecule has 0 spiro atoms. The van der Waals surface area contributed by atoms with Crippen LogP contribution in [0.25, 0.3) is 0 Å². The molecule has 2 aromatic rings. The number of amides is 1. The standard InChI is InChI=1S/C27H34ClFN4OS/c1-4-27(2,3)19-6-8-21-22(15-30)26(35-24(21)13-19)31-25(34)17-33-11-9-32(10-12-33)16-18-5-7-20(29)14-23(18)28/h5,7,14,19H,4,6,8-13,16-17H2,1-3H3,(H,31,34)/t19-/m1/s1. The van der Waals surface area contributed by atoms with Gasteiger partial charge in [0.1, 0.15) is 16.9 Å². The van der Waals surface area contributed by atoms with Gasteiger partial charge in [0, 0.05) is 42.6 Å². The van der Waals surface area contributed by atoms with Crippen molar-refractivity contribution in [1.82, 2.24) is 9.80 Å². The van der Waals surface area contributed by atoms with Crippen molar-refractivity contribution in [3.8, 4) is 6.07 Å². The zero-order valence-electron chi connectivity index (χ0n) is 20.8. The van der Waals surface area contributed by atoms with E-state index in [1.165, 1.54) is 17.0 Å². The van der Waals surface area contributed by atoms with Crippen LogP contribution in [0.15, 0.2) is 18.2 Å². The normalized spacial score (nSPS) is 19.3. The molecule has 1 saturated heterocycles. The summed E-state index contributed by atoms with van der Waals surface area (Å²) in [4.78, 5) is 18.5. The van der Waals surface area contributed by atoms with E-state index in [4.69, 9.17) is 11.6 Å². The van der Waals surface area contributed by atoms with Crippen LogP contribution in [0.1, 0.15) is 55.2 Å². The molecule has 5 nitrogen and oxygen atoms in total. The first-order chi connectivity index (χ1) is 16.7. The van der Waals surface area contributed by atoms with Crippen LogP contribution in [0.2, 0.25) is 5.02 Å². The molecule has 1 N–H and O–H groups in total. The molecule has 0 unspecified atom stereocenters. The summed E-state index contributed by atoms with van der Waals surface area (Å²) in [7, 11) is 0. The molecule has 35 heavy (non-hydrogen) atoms. The lowest BCUT2D eigenvalue weighted by atomic mass is 9.69. The minimum atomic E-state index is -0.328. The number of fused-ring (bicyclic) bond motifs is 1. The predicted molar refractivity (Wildman–Crippen MR) is 140 cm³/mol. The average molecular weight is 517 g/mol. The number of benzene rings is 1. The van der Waals surface area contributed by atoms with E-state index in [0.29, 0.717) is 34.6 Å². The fraction of sp³-hybridized carbons (Fsp3) is 0.556. The number of rotatable bonds is 7. The molecule has 0 radical (unpaired) electrons. The van der Waals surface area contributed by atoms with Crippen molar-refractivity contribution in [2.45, 2.75) is 53.0 Å². The van der Waals surface area contributed by atoms with Gasteiger partial charge < -0.3 is 5.32 Å². The second-order valence-electron chi connectivity index (χ2n) is 10.4. The lowest BCUT2D eigenvalue weighted by Gasteiger charge is -2.36. The van der Waals surface area contributed by atoms with Gasteiger partial charge in [-0.2, -0.15) is 5.26 Å². The van der Waals surface area contributed by atoms with E-state index >= 15 is 0 Å². The fourth-order valence-electron chi connectivity index (χ4n) is 5.11. The number of carbonyl (C=O) groups excluding carboxylic acids is 1. The van der Waals surface area contributed by atoms with Crippen molar-refractivity contribution in [3.63, 3.8) is 0 Å². The lowest BCUT2D eigenvalue weighted by Crippen LogP contribution is -2.48. The highest BCUT2D eigenvalue weighted by Gasteiger charge is 2.34. The highest BCUT2D eigenvalue weighted by Crippen LogP contribution is 2.45. The Morgan fingerprint density at radius 2 is 2.00 bits per heavy atom. The molecule has 1 aromatic carbocycles. The minimum absolute atomic E-state index is 0.0689. The van der Waals surface area contributed by atoms with Crippen molar-refractivity contribution >= 4 is 33.8 Å². The van der Waals surface area contributed by atoms with E-state index in [1.807, 2.05) is 0 Å². The van der Waals surface area contributed by atoms with Crippen molar-refractivity contribution in [2.75, 3.05) is 38.0 Å². The summed E-state index contributed by atoms with van der Waals surface area (Å²) in [5.41, 5.74) is 2.99. The molecule has 1 atom stereocenters. The topological polar surface area (TPSA) is 59.4 Å². The molecule has 0 bridgehead atoms. The summed E-state index contributed by atoms with van der Waals surface area (Å²) < 4.78 is 13.3. The number of nitrogens with one attached hydrogen (secondary N) is 1. The molecular weight excluding hydrogens is 483 g/mol. The van der Waals surface area contributed by atoms with Gasteiger partial charge in [-0.3, -0.25) is 14.6 Å². The number of thiophene rings is 1. The number of nitriles is 1. The van der Waals surface area contributed by atoms with Crippen LogP contribution >= 0.6 is 22.9 Å². The Labute approximate surface area is 216 Å². The summed E-state index contributed by atoms with van der Waals surface area (Å²) in [6.45, 7) is 11.0. The van der Waals surface area contributed by atoms with Crippen LogP contribution < -0.4 is 5.32 Å². The van der Waals surface area contributed by atoms with Crippen LogP contribution in [0, 0.1) is 28.5 Å². The second-order valence-corrected chi connectivity index (χ2v) is 12.0. The molecule has 8 heteroatoms. The Bertz CT molecular complexity index is 1120. The van der Waals surface area contributed by atoms with Gasteiger partial charge in [0.05, 0.1) is 12.1 Å². The van der Waals surface area contributed by atoms with Gasteiger partial charge in [-0.15, -0.1) is 11.3 Å². The third-order valence-electron chi connectivity index (χ3n) is 7.89. The Morgan fingerprint density at radius 1 is 1.29 bits per heavy atom. The first-order valence-electron chi connectivity index (χ1n) is 12.4. The van der Waals surface area contributed by atoms with E-state index in [1.54, 1.807) is 17.4 Å². The molecule has 1 aromatic heterocycles. The zero-order chi connectivity index (χ0) is 25.2. The summed E-state index contributed by atoms with van der Waals surface area (Å²) in [6, 6.07) is 6.87. The molecule has 2 heterocycles. The van der Waals surface area contributed by atoms with Crippen LogP contribution in [-0.2, 0) is 24.2 Å². The van der Waals surface area contributed by atoms with Crippen molar-refractivity contribution in [2.24, 2.45) is 11.3 Å². The van der Waals surface area contributed by atoms with E-state index in [0.717, 1.165) is 63.0 Å². The van der Waals surface area contributed by atoms with Crippen molar-refractivity contribution in [3.05, 3.63) is 50.6 Å². The van der Waals surface area contributed by atoms with E-state index in [-0.39, 0.29) is 17.1 Å². The minimum Gasteiger partial charge on any atom is -0.315 e. The first kappa shape index (κ1) is 26.1. The summed E-state index contributed by atoms with van der Waals surface area (Å²) in [5.74, 6) is 0.209. The molecule has 1 aliphatic carbocycles. The number of piperazine rings is 1. The maximum absolute atomic E-state index is 13.3. The number of hydrogen-bond donors (Lipinski definition) is 1. The molecule has 1 aliphatic heterocycles. The quantitative estimate of drug-likeness (QED) is 0.512. The third kappa shape index (κ3) is 6.06. The molecule has 1 fully saturated rings. The third-order valence-corrected chi connectivity index (χ3v) is 9.41. The SMILES string of the molecule is CCC(C)(C)[C@@H]1CCc2c(sc(NC(=O)CN3CCN(Cc4ccc(F)cc4Cl)CC3)c2C#N)C1. The van der Waals surface area contributed by atoms with Gasteiger partial charge >= 0.3 is 0 Å². The monoisotopic (exact) mass is 516 g/mol. The molecular formula is C27H34ClFN4OS. The van der Waals surface area contributed by atoms with Crippen LogP contribution in [-0.4, -0.2) is 48.4 Å². The Kier molecular flexibility index (Phi) is 8.17. The molecule has 0 saturated carbocycles. The van der Waals surface area contributed by atoms with E-state index in [2.05, 4.69) is 42.0 Å². The first-order valence-corrected chi connectivity index (χ1v) is 13.6. The van der Waals surface area contributed by atoms with Gasteiger partial charge in [0.2, 0.25) is 5.91 Å². The lowest BCUT2D eigenvalue weighted by molar-refractivity contribution is -0.117. The smallest absolute Gasteiger partial charge is 0.239 e. The molecule has 2 aliphatic rings. The second kappa shape index (κ2) is 11.0. The fourth-order valence-corrected chi connectivity index (χ4v) is 6.63.